The highest BCUT2D eigenvalue weighted by atomic mass is 28.4. The van der Waals surface area contributed by atoms with Crippen molar-refractivity contribution in [2.45, 2.75) is 25.8 Å². The second-order valence-corrected chi connectivity index (χ2v) is 10.8. The Balaban J connectivity index is 2.62. The first-order valence-electron chi connectivity index (χ1n) is 7.66. The van der Waals surface area contributed by atoms with E-state index in [1.807, 2.05) is 36.4 Å². The van der Waals surface area contributed by atoms with Crippen molar-refractivity contribution in [1.82, 2.24) is 5.43 Å². The van der Waals surface area contributed by atoms with Gasteiger partial charge in [-0.1, -0.05) is 81.4 Å². The molecular formula is C18H24N2O2Si. The summed E-state index contributed by atoms with van der Waals surface area (Å²) in [4.78, 5) is 11.7. The zero-order chi connectivity index (χ0) is 16.9. The first-order chi connectivity index (χ1) is 10.9. The van der Waals surface area contributed by atoms with E-state index in [2.05, 4.69) is 50.5 Å². The minimum Gasteiger partial charge on any atom is -0.398 e. The average Bonchev–Trinajstić information content (AvgIpc) is 2.56. The summed E-state index contributed by atoms with van der Waals surface area (Å²) in [5, 5.41) is 2.14. The quantitative estimate of drug-likeness (QED) is 0.379. The fourth-order valence-electron chi connectivity index (χ4n) is 2.98. The number of carbonyl (C=O) groups is 1. The lowest BCUT2D eigenvalue weighted by atomic mass is 10.2. The summed E-state index contributed by atoms with van der Waals surface area (Å²) in [6, 6.07) is 20.4. The lowest BCUT2D eigenvalue weighted by Gasteiger charge is -2.42. The van der Waals surface area contributed by atoms with Crippen molar-refractivity contribution >= 4 is 24.6 Å². The van der Waals surface area contributed by atoms with Crippen molar-refractivity contribution in [3.8, 4) is 0 Å². The monoisotopic (exact) mass is 328 g/mol. The van der Waals surface area contributed by atoms with Gasteiger partial charge in [0.2, 0.25) is 0 Å². The Kier molecular flexibility index (Phi) is 5.36. The fourth-order valence-corrected chi connectivity index (χ4v) is 7.48. The number of nitrogens with one attached hydrogen (secondary N) is 1. The van der Waals surface area contributed by atoms with Crippen LogP contribution in [-0.4, -0.2) is 20.8 Å². The highest BCUT2D eigenvalue weighted by Crippen LogP contribution is 2.36. The van der Waals surface area contributed by atoms with E-state index in [0.717, 1.165) is 10.4 Å². The molecule has 2 aromatic carbocycles. The molecule has 0 saturated heterocycles. The summed E-state index contributed by atoms with van der Waals surface area (Å²) in [5.41, 5.74) is 2.15. The van der Waals surface area contributed by atoms with Crippen LogP contribution in [0.4, 0.5) is 0 Å². The molecule has 0 unspecified atom stereocenters. The van der Waals surface area contributed by atoms with Crippen LogP contribution in [0.25, 0.3) is 0 Å². The first-order valence-corrected chi connectivity index (χ1v) is 9.57. The van der Waals surface area contributed by atoms with Crippen LogP contribution in [0, 0.1) is 0 Å². The Hall–Kier alpha value is -1.95. The lowest BCUT2D eigenvalue weighted by Crippen LogP contribution is -2.67. The lowest BCUT2D eigenvalue weighted by molar-refractivity contribution is -0.123. The third-order valence-electron chi connectivity index (χ3n) is 4.00. The van der Waals surface area contributed by atoms with E-state index < -0.39 is 8.32 Å². The molecule has 0 fully saturated rings. The molecule has 5 heteroatoms. The van der Waals surface area contributed by atoms with Gasteiger partial charge in [0.1, 0.15) is 6.61 Å². The van der Waals surface area contributed by atoms with Crippen molar-refractivity contribution in [2.75, 3.05) is 6.61 Å². The fraction of sp³-hybridized carbons (Fsp3) is 0.278. The third-order valence-corrected chi connectivity index (χ3v) is 8.98. The Bertz CT molecular complexity index is 600. The number of rotatable bonds is 5. The normalized spacial score (nSPS) is 12.0. The van der Waals surface area contributed by atoms with E-state index in [9.17, 15) is 4.79 Å². The second-order valence-electron chi connectivity index (χ2n) is 6.52. The number of hydrogen-bond donors (Lipinski definition) is 2. The van der Waals surface area contributed by atoms with Crippen molar-refractivity contribution in [3.05, 3.63) is 60.7 Å². The smallest absolute Gasteiger partial charge is 0.261 e. The summed E-state index contributed by atoms with van der Waals surface area (Å²) in [5.74, 6) is 4.90. The van der Waals surface area contributed by atoms with E-state index in [1.54, 1.807) is 0 Å². The molecule has 0 heterocycles. The largest absolute Gasteiger partial charge is 0.398 e. The highest BCUT2D eigenvalue weighted by molar-refractivity contribution is 6.99. The van der Waals surface area contributed by atoms with Crippen LogP contribution in [0.3, 0.4) is 0 Å². The SMILES string of the molecule is CC(C)(C)[Si](OCC(=O)NN)(c1ccccc1)c1ccccc1. The van der Waals surface area contributed by atoms with Crippen LogP contribution in [0.15, 0.2) is 60.7 Å². The van der Waals surface area contributed by atoms with Crippen molar-refractivity contribution < 1.29 is 9.22 Å². The summed E-state index contributed by atoms with van der Waals surface area (Å²) >= 11 is 0. The molecule has 23 heavy (non-hydrogen) atoms. The molecular weight excluding hydrogens is 304 g/mol. The van der Waals surface area contributed by atoms with Gasteiger partial charge < -0.3 is 4.43 Å². The minimum atomic E-state index is -2.64. The molecule has 0 spiro atoms. The van der Waals surface area contributed by atoms with E-state index >= 15 is 0 Å². The van der Waals surface area contributed by atoms with Crippen LogP contribution in [0.5, 0.6) is 0 Å². The molecule has 1 amide bonds. The summed E-state index contributed by atoms with van der Waals surface area (Å²) in [7, 11) is -2.64. The van der Waals surface area contributed by atoms with Crippen LogP contribution >= 0.6 is 0 Å². The maximum atomic E-state index is 11.7. The van der Waals surface area contributed by atoms with Gasteiger partial charge in [0.05, 0.1) is 0 Å². The number of nitrogens with two attached hydrogens (primary N) is 1. The van der Waals surface area contributed by atoms with Crippen molar-refractivity contribution in [2.24, 2.45) is 5.84 Å². The molecule has 0 atom stereocenters. The number of hydrogen-bond acceptors (Lipinski definition) is 3. The van der Waals surface area contributed by atoms with Crippen LogP contribution in [-0.2, 0) is 9.22 Å². The molecule has 0 saturated carbocycles. The van der Waals surface area contributed by atoms with Gasteiger partial charge in [0, 0.05) is 0 Å². The number of amides is 1. The molecule has 0 radical (unpaired) electrons. The van der Waals surface area contributed by atoms with E-state index in [1.165, 1.54) is 0 Å². The Morgan fingerprint density at radius 1 is 1.00 bits per heavy atom. The molecule has 2 rings (SSSR count). The Morgan fingerprint density at radius 3 is 1.78 bits per heavy atom. The van der Waals surface area contributed by atoms with Crippen molar-refractivity contribution in [3.63, 3.8) is 0 Å². The molecule has 122 valence electrons. The number of hydrazine groups is 1. The predicted octanol–water partition coefficient (Wildman–Crippen LogP) is 1.55. The molecule has 0 aromatic heterocycles. The number of benzene rings is 2. The van der Waals surface area contributed by atoms with Crippen LogP contribution in [0.2, 0.25) is 5.04 Å². The van der Waals surface area contributed by atoms with Gasteiger partial charge in [-0.25, -0.2) is 5.84 Å². The summed E-state index contributed by atoms with van der Waals surface area (Å²) in [6.45, 7) is 6.45. The Labute approximate surface area is 138 Å². The standard InChI is InChI=1S/C18H24N2O2Si/c1-18(2,3)23(22-14-17(21)20-19,15-10-6-4-7-11-15)16-12-8-5-9-13-16/h4-13H,14,19H2,1-3H3,(H,20,21). The molecule has 4 nitrogen and oxygen atoms in total. The molecule has 2 aromatic rings. The van der Waals surface area contributed by atoms with Gasteiger partial charge in [-0.3, -0.25) is 10.2 Å². The highest BCUT2D eigenvalue weighted by Gasteiger charge is 2.50. The number of carbonyl (C=O) groups excluding carboxylic acids is 1. The summed E-state index contributed by atoms with van der Waals surface area (Å²) in [6.07, 6.45) is 0. The maximum Gasteiger partial charge on any atom is 0.261 e. The van der Waals surface area contributed by atoms with E-state index in [-0.39, 0.29) is 17.6 Å². The average molecular weight is 328 g/mol. The van der Waals surface area contributed by atoms with Crippen LogP contribution in [0.1, 0.15) is 20.8 Å². The van der Waals surface area contributed by atoms with E-state index in [0.29, 0.717) is 0 Å². The van der Waals surface area contributed by atoms with Gasteiger partial charge in [-0.15, -0.1) is 0 Å². The van der Waals surface area contributed by atoms with Gasteiger partial charge in [0.25, 0.3) is 14.2 Å². The molecule has 0 bridgehead atoms. The molecule has 0 aliphatic rings. The van der Waals surface area contributed by atoms with Crippen molar-refractivity contribution in [1.29, 1.82) is 0 Å². The summed E-state index contributed by atoms with van der Waals surface area (Å²) < 4.78 is 6.37. The molecule has 0 aliphatic heterocycles. The molecule has 3 N–H and O–H groups in total. The minimum absolute atomic E-state index is 0.0518. The predicted molar refractivity (Wildman–Crippen MR) is 95.9 cm³/mol. The second kappa shape index (κ2) is 7.08. The zero-order valence-electron chi connectivity index (χ0n) is 13.9. The van der Waals surface area contributed by atoms with Gasteiger partial charge in [-0.2, -0.15) is 0 Å². The maximum absolute atomic E-state index is 11.7. The van der Waals surface area contributed by atoms with Gasteiger partial charge >= 0.3 is 0 Å². The topological polar surface area (TPSA) is 64.3 Å². The first kappa shape index (κ1) is 17.4. The Morgan fingerprint density at radius 2 is 1.43 bits per heavy atom. The van der Waals surface area contributed by atoms with Gasteiger partial charge in [-0.05, 0) is 15.4 Å². The molecule has 0 aliphatic carbocycles. The van der Waals surface area contributed by atoms with E-state index in [4.69, 9.17) is 10.3 Å². The zero-order valence-corrected chi connectivity index (χ0v) is 14.9. The van der Waals surface area contributed by atoms with Gasteiger partial charge in [0.15, 0.2) is 0 Å². The third kappa shape index (κ3) is 3.52. The van der Waals surface area contributed by atoms with Crippen LogP contribution < -0.4 is 21.6 Å².